The van der Waals surface area contributed by atoms with Gasteiger partial charge in [-0.2, -0.15) is 9.67 Å². The van der Waals surface area contributed by atoms with Crippen LogP contribution in [0, 0.1) is 0 Å². The molecule has 2 aromatic carbocycles. The summed E-state index contributed by atoms with van der Waals surface area (Å²) in [5.74, 6) is 0.648. The Hall–Kier alpha value is -3.32. The highest BCUT2D eigenvalue weighted by Gasteiger charge is 2.28. The Bertz CT molecular complexity index is 1250. The summed E-state index contributed by atoms with van der Waals surface area (Å²) in [5, 5.41) is 18.7. The van der Waals surface area contributed by atoms with Crippen LogP contribution in [0.15, 0.2) is 54.7 Å². The van der Waals surface area contributed by atoms with E-state index in [-0.39, 0.29) is 12.1 Å². The maximum atomic E-state index is 10.0. The number of hydrogen-bond donors (Lipinski definition) is 1. The average Bonchev–Trinajstić information content (AvgIpc) is 3.47. The quantitative estimate of drug-likeness (QED) is 0.528. The summed E-state index contributed by atoms with van der Waals surface area (Å²) in [7, 11) is 0. The zero-order valence-electron chi connectivity index (χ0n) is 17.9. The fourth-order valence-electron chi connectivity index (χ4n) is 5.09. The molecule has 1 fully saturated rings. The van der Waals surface area contributed by atoms with Crippen LogP contribution in [0.2, 0.25) is 0 Å². The van der Waals surface area contributed by atoms with Crippen LogP contribution >= 0.6 is 0 Å². The van der Waals surface area contributed by atoms with Crippen LogP contribution in [0.1, 0.15) is 43.2 Å². The fourth-order valence-corrected chi connectivity index (χ4v) is 5.09. The van der Waals surface area contributed by atoms with E-state index in [1.807, 2.05) is 22.9 Å². The van der Waals surface area contributed by atoms with E-state index < -0.39 is 0 Å². The molecule has 2 aliphatic rings. The van der Waals surface area contributed by atoms with Gasteiger partial charge in [-0.3, -0.25) is 0 Å². The highest BCUT2D eigenvalue weighted by atomic mass is 16.3. The molecule has 6 rings (SSSR count). The van der Waals surface area contributed by atoms with E-state index in [0.29, 0.717) is 17.1 Å². The first-order chi connectivity index (χ1) is 15.8. The van der Waals surface area contributed by atoms with E-state index in [1.165, 1.54) is 17.5 Å². The Labute approximate surface area is 186 Å². The third kappa shape index (κ3) is 3.42. The first kappa shape index (κ1) is 19.4. The van der Waals surface area contributed by atoms with Crippen molar-refractivity contribution in [1.82, 2.24) is 25.0 Å². The Morgan fingerprint density at radius 1 is 0.938 bits per heavy atom. The van der Waals surface area contributed by atoms with Crippen molar-refractivity contribution < 1.29 is 5.11 Å². The topological polar surface area (TPSA) is 80.0 Å². The van der Waals surface area contributed by atoms with Gasteiger partial charge in [-0.25, -0.2) is 4.98 Å². The lowest BCUT2D eigenvalue weighted by atomic mass is 9.92. The van der Waals surface area contributed by atoms with Crippen molar-refractivity contribution in [2.75, 3.05) is 4.90 Å². The lowest BCUT2D eigenvalue weighted by molar-refractivity contribution is 0.123. The molecule has 7 heteroatoms. The molecule has 0 bridgehead atoms. The number of fused-ring (bicyclic) bond motifs is 2. The Morgan fingerprint density at radius 2 is 1.75 bits per heavy atom. The van der Waals surface area contributed by atoms with E-state index >= 15 is 0 Å². The maximum Gasteiger partial charge on any atom is 0.232 e. The molecule has 162 valence electrons. The Kier molecular flexibility index (Phi) is 4.83. The van der Waals surface area contributed by atoms with Gasteiger partial charge in [0, 0.05) is 11.7 Å². The number of aliphatic hydroxyl groups is 1. The van der Waals surface area contributed by atoms with Crippen LogP contribution in [0.5, 0.6) is 0 Å². The number of aromatic nitrogens is 5. The molecule has 7 nitrogen and oxygen atoms in total. The van der Waals surface area contributed by atoms with Crippen molar-refractivity contribution in [3.63, 3.8) is 0 Å². The van der Waals surface area contributed by atoms with Gasteiger partial charge in [0.15, 0.2) is 11.2 Å². The molecule has 32 heavy (non-hydrogen) atoms. The molecule has 1 N–H and O–H groups in total. The van der Waals surface area contributed by atoms with Crippen molar-refractivity contribution in [3.05, 3.63) is 65.9 Å². The molecule has 4 aromatic rings. The van der Waals surface area contributed by atoms with Crippen LogP contribution < -0.4 is 4.90 Å². The number of aryl methyl sites for hydroxylation is 2. The second kappa shape index (κ2) is 7.98. The van der Waals surface area contributed by atoms with Crippen molar-refractivity contribution in [2.45, 2.75) is 57.1 Å². The van der Waals surface area contributed by atoms with Crippen LogP contribution in [0.4, 0.5) is 11.6 Å². The summed E-state index contributed by atoms with van der Waals surface area (Å²) >= 11 is 0. The zero-order chi connectivity index (χ0) is 21.5. The lowest BCUT2D eigenvalue weighted by Crippen LogP contribution is -2.37. The van der Waals surface area contributed by atoms with Crippen molar-refractivity contribution in [3.8, 4) is 5.69 Å². The number of nitrogens with zero attached hydrogens (tertiary/aromatic N) is 6. The van der Waals surface area contributed by atoms with Crippen LogP contribution in [-0.4, -0.2) is 42.2 Å². The maximum absolute atomic E-state index is 10.0. The average molecular weight is 427 g/mol. The Morgan fingerprint density at radius 3 is 2.59 bits per heavy atom. The molecule has 0 amide bonds. The molecule has 0 atom stereocenters. The molecular formula is C25H26N6O. The van der Waals surface area contributed by atoms with Crippen LogP contribution in [-0.2, 0) is 12.8 Å². The molecule has 0 unspecified atom stereocenters. The van der Waals surface area contributed by atoms with Crippen molar-refractivity contribution in [1.29, 1.82) is 0 Å². The van der Waals surface area contributed by atoms with E-state index in [0.717, 1.165) is 49.9 Å². The summed E-state index contributed by atoms with van der Waals surface area (Å²) in [6, 6.07) is 17.0. The van der Waals surface area contributed by atoms with Gasteiger partial charge < -0.3 is 10.0 Å². The summed E-state index contributed by atoms with van der Waals surface area (Å²) < 4.78 is 1.83. The molecule has 1 saturated carbocycles. The lowest BCUT2D eigenvalue weighted by Gasteiger charge is -2.35. The molecule has 2 aliphatic carbocycles. The molecule has 0 spiro atoms. The van der Waals surface area contributed by atoms with E-state index in [1.54, 1.807) is 6.20 Å². The van der Waals surface area contributed by atoms with Gasteiger partial charge in [0.1, 0.15) is 0 Å². The second-order valence-electron chi connectivity index (χ2n) is 8.85. The van der Waals surface area contributed by atoms with Gasteiger partial charge >= 0.3 is 0 Å². The monoisotopic (exact) mass is 426 g/mol. The first-order valence-corrected chi connectivity index (χ1v) is 11.5. The standard InChI is InChI=1S/C25H26N6O/c32-22-13-11-20(12-14-22)30(19-7-2-1-3-8-19)25-26-16-23-24(27-25)31(29-28-23)21-10-9-17-5-4-6-18(17)15-21/h1-3,7-10,15-16,20,22,32H,4-6,11-14H2. The predicted molar refractivity (Wildman–Crippen MR) is 123 cm³/mol. The van der Waals surface area contributed by atoms with Crippen molar-refractivity contribution >= 4 is 22.8 Å². The van der Waals surface area contributed by atoms with Gasteiger partial charge in [-0.1, -0.05) is 29.5 Å². The minimum atomic E-state index is -0.210. The molecule has 0 radical (unpaired) electrons. The fraction of sp³-hybridized carbons (Fsp3) is 0.360. The van der Waals surface area contributed by atoms with Gasteiger partial charge in [0.2, 0.25) is 5.95 Å². The highest BCUT2D eigenvalue weighted by Crippen LogP contribution is 2.33. The SMILES string of the molecule is OC1CCC(N(c2ccccc2)c2ncc3nnn(-c4ccc5c(c4)CCC5)c3n2)CC1. The van der Waals surface area contributed by atoms with E-state index in [4.69, 9.17) is 4.98 Å². The number of benzene rings is 2. The van der Waals surface area contributed by atoms with Gasteiger partial charge in [-0.05, 0) is 80.3 Å². The number of aliphatic hydroxyl groups excluding tert-OH is 1. The summed E-state index contributed by atoms with van der Waals surface area (Å²) in [6.07, 6.45) is 8.44. The van der Waals surface area contributed by atoms with Gasteiger partial charge in [0.25, 0.3) is 0 Å². The smallest absolute Gasteiger partial charge is 0.232 e. The molecule has 2 aromatic heterocycles. The third-order valence-electron chi connectivity index (χ3n) is 6.79. The van der Waals surface area contributed by atoms with Gasteiger partial charge in [0.05, 0.1) is 18.0 Å². The molecular weight excluding hydrogens is 400 g/mol. The summed E-state index contributed by atoms with van der Waals surface area (Å²) in [4.78, 5) is 11.9. The second-order valence-corrected chi connectivity index (χ2v) is 8.85. The minimum absolute atomic E-state index is 0.210. The predicted octanol–water partition coefficient (Wildman–Crippen LogP) is 4.14. The minimum Gasteiger partial charge on any atom is -0.393 e. The summed E-state index contributed by atoms with van der Waals surface area (Å²) in [6.45, 7) is 0. The molecule has 2 heterocycles. The normalized spacial score (nSPS) is 20.4. The Balaban J connectivity index is 1.43. The van der Waals surface area contributed by atoms with E-state index in [9.17, 15) is 5.11 Å². The molecule has 0 saturated heterocycles. The van der Waals surface area contributed by atoms with Crippen LogP contribution in [0.25, 0.3) is 16.9 Å². The van der Waals surface area contributed by atoms with Crippen LogP contribution in [0.3, 0.4) is 0 Å². The first-order valence-electron chi connectivity index (χ1n) is 11.5. The number of hydrogen-bond acceptors (Lipinski definition) is 6. The number of rotatable bonds is 4. The van der Waals surface area contributed by atoms with Crippen molar-refractivity contribution in [2.24, 2.45) is 0 Å². The van der Waals surface area contributed by atoms with Gasteiger partial charge in [-0.15, -0.1) is 5.10 Å². The zero-order valence-corrected chi connectivity index (χ0v) is 17.9. The highest BCUT2D eigenvalue weighted by molar-refractivity contribution is 5.73. The largest absolute Gasteiger partial charge is 0.393 e. The molecule has 0 aliphatic heterocycles. The summed E-state index contributed by atoms with van der Waals surface area (Å²) in [5.41, 5.74) is 6.27. The number of anilines is 2. The number of para-hydroxylation sites is 1. The van der Waals surface area contributed by atoms with E-state index in [2.05, 4.69) is 50.5 Å². The third-order valence-corrected chi connectivity index (χ3v) is 6.79.